The predicted molar refractivity (Wildman–Crippen MR) is 109 cm³/mol. The molecule has 2 N–H and O–H groups in total. The molecule has 0 unspecified atom stereocenters. The minimum absolute atomic E-state index is 0.0842. The van der Waals surface area contributed by atoms with Crippen LogP contribution in [0.15, 0.2) is 42.5 Å². The molecule has 0 spiro atoms. The van der Waals surface area contributed by atoms with E-state index in [1.165, 1.54) is 11.3 Å². The third-order valence-electron chi connectivity index (χ3n) is 4.22. The monoisotopic (exact) mass is 412 g/mol. The number of aromatic nitrogens is 1. The number of benzene rings is 2. The zero-order valence-corrected chi connectivity index (χ0v) is 17.0. The summed E-state index contributed by atoms with van der Waals surface area (Å²) >= 11 is 1.25. The SMILES string of the molecule is COc1ccc(-c2nc(C)c(C(=O)OCc3ccc(C(N)=O)cc3)s2)cc1OC. The largest absolute Gasteiger partial charge is 0.493 e. The number of carbonyl (C=O) groups excluding carboxylic acids is 2. The van der Waals surface area contributed by atoms with Crippen molar-refractivity contribution in [3.63, 3.8) is 0 Å². The highest BCUT2D eigenvalue weighted by Gasteiger charge is 2.19. The van der Waals surface area contributed by atoms with Crippen molar-refractivity contribution in [1.29, 1.82) is 0 Å². The van der Waals surface area contributed by atoms with Crippen LogP contribution in [0.3, 0.4) is 0 Å². The second-order valence-electron chi connectivity index (χ2n) is 6.14. The van der Waals surface area contributed by atoms with Crippen molar-refractivity contribution in [2.75, 3.05) is 14.2 Å². The van der Waals surface area contributed by atoms with Crippen LogP contribution in [0.25, 0.3) is 10.6 Å². The minimum atomic E-state index is -0.503. The number of thiazole rings is 1. The quantitative estimate of drug-likeness (QED) is 0.595. The van der Waals surface area contributed by atoms with Crippen molar-refractivity contribution in [2.45, 2.75) is 13.5 Å². The summed E-state index contributed by atoms with van der Waals surface area (Å²) in [5.74, 6) is 0.245. The highest BCUT2D eigenvalue weighted by molar-refractivity contribution is 7.17. The fourth-order valence-corrected chi connectivity index (χ4v) is 3.61. The van der Waals surface area contributed by atoms with Crippen LogP contribution in [-0.2, 0) is 11.3 Å². The third kappa shape index (κ3) is 4.55. The average Bonchev–Trinajstić information content (AvgIpc) is 3.13. The fourth-order valence-electron chi connectivity index (χ4n) is 2.66. The Kier molecular flexibility index (Phi) is 6.13. The number of primary amides is 1. The smallest absolute Gasteiger partial charge is 0.350 e. The molecule has 0 aliphatic rings. The number of nitrogens with zero attached hydrogens (tertiary/aromatic N) is 1. The van der Waals surface area contributed by atoms with Gasteiger partial charge in [0.15, 0.2) is 11.5 Å². The molecule has 150 valence electrons. The Morgan fingerprint density at radius 1 is 1.03 bits per heavy atom. The summed E-state index contributed by atoms with van der Waals surface area (Å²) < 4.78 is 16.0. The molecule has 0 atom stereocenters. The van der Waals surface area contributed by atoms with Crippen LogP contribution in [0.5, 0.6) is 11.5 Å². The van der Waals surface area contributed by atoms with E-state index < -0.39 is 11.9 Å². The van der Waals surface area contributed by atoms with E-state index in [0.29, 0.717) is 32.6 Å². The standard InChI is InChI=1S/C21H20N2O5S/c1-12-18(21(25)28-11-13-4-6-14(7-5-13)19(22)24)29-20(23-12)15-8-9-16(26-2)17(10-15)27-3/h4-10H,11H2,1-3H3,(H2,22,24). The second-order valence-corrected chi connectivity index (χ2v) is 7.14. The van der Waals surface area contributed by atoms with E-state index in [4.69, 9.17) is 19.9 Å². The number of hydrogen-bond donors (Lipinski definition) is 1. The highest BCUT2D eigenvalue weighted by Crippen LogP contribution is 2.35. The molecular formula is C21H20N2O5S. The molecule has 0 aliphatic heterocycles. The summed E-state index contributed by atoms with van der Waals surface area (Å²) in [4.78, 5) is 28.5. The molecule has 0 saturated carbocycles. The number of hydrogen-bond acceptors (Lipinski definition) is 7. The molecule has 0 bridgehead atoms. The van der Waals surface area contributed by atoms with E-state index in [-0.39, 0.29) is 6.61 Å². The molecule has 8 heteroatoms. The number of aryl methyl sites for hydroxylation is 1. The van der Waals surface area contributed by atoms with Gasteiger partial charge in [-0.25, -0.2) is 9.78 Å². The Bertz CT molecular complexity index is 1040. The van der Waals surface area contributed by atoms with E-state index in [1.54, 1.807) is 51.5 Å². The van der Waals surface area contributed by atoms with Crippen molar-refractivity contribution in [3.8, 4) is 22.1 Å². The normalized spacial score (nSPS) is 10.4. The van der Waals surface area contributed by atoms with Crippen LogP contribution in [-0.4, -0.2) is 31.1 Å². The van der Waals surface area contributed by atoms with Gasteiger partial charge in [-0.15, -0.1) is 11.3 Å². The van der Waals surface area contributed by atoms with Crippen LogP contribution in [0.1, 0.15) is 31.3 Å². The third-order valence-corrected chi connectivity index (χ3v) is 5.41. The zero-order valence-electron chi connectivity index (χ0n) is 16.2. The van der Waals surface area contributed by atoms with Gasteiger partial charge in [0.1, 0.15) is 16.5 Å². The summed E-state index contributed by atoms with van der Waals surface area (Å²) in [6.07, 6.45) is 0. The van der Waals surface area contributed by atoms with Crippen LogP contribution < -0.4 is 15.2 Å². The molecular weight excluding hydrogens is 392 g/mol. The predicted octanol–water partition coefficient (Wildman–Crippen LogP) is 3.59. The van der Waals surface area contributed by atoms with E-state index >= 15 is 0 Å². The van der Waals surface area contributed by atoms with Crippen LogP contribution in [0.2, 0.25) is 0 Å². The Labute approximate surface area is 172 Å². The summed E-state index contributed by atoms with van der Waals surface area (Å²) in [6.45, 7) is 1.85. The number of esters is 1. The topological polar surface area (TPSA) is 101 Å². The maximum atomic E-state index is 12.5. The molecule has 2 aromatic carbocycles. The van der Waals surface area contributed by atoms with Crippen molar-refractivity contribution < 1.29 is 23.8 Å². The van der Waals surface area contributed by atoms with Gasteiger partial charge in [0.2, 0.25) is 5.91 Å². The van der Waals surface area contributed by atoms with Gasteiger partial charge in [-0.3, -0.25) is 4.79 Å². The van der Waals surface area contributed by atoms with Gasteiger partial charge in [0.05, 0.1) is 19.9 Å². The number of amides is 1. The first-order valence-electron chi connectivity index (χ1n) is 8.68. The fraction of sp³-hybridized carbons (Fsp3) is 0.190. The molecule has 0 aliphatic carbocycles. The van der Waals surface area contributed by atoms with Crippen molar-refractivity contribution in [2.24, 2.45) is 5.73 Å². The number of rotatable bonds is 7. The molecule has 3 aromatic rings. The Hall–Kier alpha value is -3.39. The lowest BCUT2D eigenvalue weighted by molar-refractivity contribution is 0.0477. The number of ether oxygens (including phenoxy) is 3. The summed E-state index contributed by atoms with van der Waals surface area (Å²) in [5, 5.41) is 0.682. The van der Waals surface area contributed by atoms with E-state index in [2.05, 4.69) is 4.98 Å². The molecule has 7 nitrogen and oxygen atoms in total. The maximum Gasteiger partial charge on any atom is 0.350 e. The van der Waals surface area contributed by atoms with Gasteiger partial charge < -0.3 is 19.9 Å². The Morgan fingerprint density at radius 2 is 1.72 bits per heavy atom. The molecule has 0 radical (unpaired) electrons. The van der Waals surface area contributed by atoms with Gasteiger partial charge >= 0.3 is 5.97 Å². The molecule has 0 fully saturated rings. The second kappa shape index (κ2) is 8.74. The van der Waals surface area contributed by atoms with E-state index in [0.717, 1.165) is 11.1 Å². The van der Waals surface area contributed by atoms with Crippen molar-refractivity contribution in [3.05, 3.63) is 64.2 Å². The first-order valence-corrected chi connectivity index (χ1v) is 9.50. The molecule has 3 rings (SSSR count). The van der Waals surface area contributed by atoms with Crippen LogP contribution in [0.4, 0.5) is 0 Å². The number of methoxy groups -OCH3 is 2. The summed E-state index contributed by atoms with van der Waals surface area (Å²) in [7, 11) is 3.13. The summed E-state index contributed by atoms with van der Waals surface area (Å²) in [5.41, 5.74) is 7.78. The van der Waals surface area contributed by atoms with E-state index in [9.17, 15) is 9.59 Å². The molecule has 1 amide bonds. The molecule has 0 saturated heterocycles. The summed E-state index contributed by atoms with van der Waals surface area (Å²) in [6, 6.07) is 12.0. The van der Waals surface area contributed by atoms with Gasteiger partial charge in [-0.1, -0.05) is 12.1 Å². The van der Waals surface area contributed by atoms with E-state index in [1.807, 2.05) is 12.1 Å². The first kappa shape index (κ1) is 20.3. The van der Waals surface area contributed by atoms with Crippen molar-refractivity contribution >= 4 is 23.2 Å². The van der Waals surface area contributed by atoms with Gasteiger partial charge in [0, 0.05) is 11.1 Å². The molecule has 1 heterocycles. The van der Waals surface area contributed by atoms with Crippen molar-refractivity contribution in [1.82, 2.24) is 4.98 Å². The molecule has 29 heavy (non-hydrogen) atoms. The zero-order chi connectivity index (χ0) is 21.0. The van der Waals surface area contributed by atoms with Crippen LogP contribution >= 0.6 is 11.3 Å². The highest BCUT2D eigenvalue weighted by atomic mass is 32.1. The van der Waals surface area contributed by atoms with Gasteiger partial charge in [-0.05, 0) is 42.8 Å². The number of carbonyl (C=O) groups is 2. The lowest BCUT2D eigenvalue weighted by atomic mass is 10.1. The van der Waals surface area contributed by atoms with Crippen LogP contribution in [0, 0.1) is 6.92 Å². The lowest BCUT2D eigenvalue weighted by Gasteiger charge is -2.08. The van der Waals surface area contributed by atoms with Gasteiger partial charge in [0.25, 0.3) is 0 Å². The Morgan fingerprint density at radius 3 is 2.34 bits per heavy atom. The van der Waals surface area contributed by atoms with Gasteiger partial charge in [-0.2, -0.15) is 0 Å². The average molecular weight is 412 g/mol. The number of nitrogens with two attached hydrogens (primary N) is 1. The molecule has 1 aromatic heterocycles. The first-order chi connectivity index (χ1) is 13.9. The Balaban J connectivity index is 1.74. The maximum absolute atomic E-state index is 12.5. The minimum Gasteiger partial charge on any atom is -0.493 e. The lowest BCUT2D eigenvalue weighted by Crippen LogP contribution is -2.10.